The Morgan fingerprint density at radius 2 is 1.71 bits per heavy atom. The van der Waals surface area contributed by atoms with E-state index in [0.717, 1.165) is 65.2 Å². The van der Waals surface area contributed by atoms with Crippen LogP contribution in [0.1, 0.15) is 36.1 Å². The molecule has 0 saturated carbocycles. The third-order valence-corrected chi connectivity index (χ3v) is 6.53. The molecule has 4 heteroatoms. The highest BCUT2D eigenvalue weighted by Gasteiger charge is 2.39. The topological polar surface area (TPSA) is 28.6 Å². The summed E-state index contributed by atoms with van der Waals surface area (Å²) < 4.78 is 5.73. The van der Waals surface area contributed by atoms with Crippen LogP contribution in [-0.2, 0) is 17.7 Å². The Hall–Kier alpha value is -1.75. The molecule has 4 rings (SSSR count). The Bertz CT molecular complexity index is 717. The molecule has 0 aliphatic carbocycles. The van der Waals surface area contributed by atoms with Gasteiger partial charge in [0, 0.05) is 63.4 Å². The van der Waals surface area contributed by atoms with Gasteiger partial charge in [0.2, 0.25) is 0 Å². The van der Waals surface area contributed by atoms with E-state index in [9.17, 15) is 0 Å². The number of rotatable bonds is 6. The first-order valence-corrected chi connectivity index (χ1v) is 10.7. The number of ether oxygens (including phenoxy) is 1. The van der Waals surface area contributed by atoms with Gasteiger partial charge in [0.1, 0.15) is 0 Å². The number of pyridine rings is 1. The van der Waals surface area contributed by atoms with Crippen molar-refractivity contribution in [2.75, 3.05) is 39.4 Å². The van der Waals surface area contributed by atoms with Crippen molar-refractivity contribution >= 4 is 0 Å². The van der Waals surface area contributed by atoms with Crippen LogP contribution in [0.25, 0.3) is 0 Å². The molecule has 0 spiro atoms. The SMILES string of the molecule is Cc1ccc(CCC2(N3CCN(Cc4ccccc4)CC3)CCOCC2)nc1. The molecule has 150 valence electrons. The fourth-order valence-electron chi connectivity index (χ4n) is 4.70. The van der Waals surface area contributed by atoms with Crippen molar-refractivity contribution in [3.8, 4) is 0 Å². The lowest BCUT2D eigenvalue weighted by molar-refractivity contribution is -0.0522. The van der Waals surface area contributed by atoms with Gasteiger partial charge < -0.3 is 4.74 Å². The number of hydrogen-bond acceptors (Lipinski definition) is 4. The molecule has 3 heterocycles. The molecular weight excluding hydrogens is 346 g/mol. The molecule has 0 unspecified atom stereocenters. The zero-order valence-corrected chi connectivity index (χ0v) is 17.1. The highest BCUT2D eigenvalue weighted by atomic mass is 16.5. The van der Waals surface area contributed by atoms with Crippen molar-refractivity contribution in [1.82, 2.24) is 14.8 Å². The smallest absolute Gasteiger partial charge is 0.0483 e. The molecule has 2 aromatic rings. The van der Waals surface area contributed by atoms with Gasteiger partial charge in [-0.15, -0.1) is 0 Å². The zero-order chi connectivity index (χ0) is 19.2. The number of nitrogens with zero attached hydrogens (tertiary/aromatic N) is 3. The van der Waals surface area contributed by atoms with Crippen LogP contribution in [0.3, 0.4) is 0 Å². The minimum Gasteiger partial charge on any atom is -0.381 e. The van der Waals surface area contributed by atoms with Gasteiger partial charge in [-0.3, -0.25) is 14.8 Å². The molecule has 2 fully saturated rings. The second kappa shape index (κ2) is 9.17. The van der Waals surface area contributed by atoms with Crippen molar-refractivity contribution < 1.29 is 4.74 Å². The van der Waals surface area contributed by atoms with Gasteiger partial charge in [0.25, 0.3) is 0 Å². The number of aryl methyl sites for hydroxylation is 2. The summed E-state index contributed by atoms with van der Waals surface area (Å²) in [6.45, 7) is 9.59. The van der Waals surface area contributed by atoms with Crippen LogP contribution >= 0.6 is 0 Å². The van der Waals surface area contributed by atoms with E-state index >= 15 is 0 Å². The van der Waals surface area contributed by atoms with Crippen molar-refractivity contribution in [1.29, 1.82) is 0 Å². The standard InChI is InChI=1S/C24H33N3O/c1-21-7-8-23(25-19-21)9-10-24(11-17-28-18-12-24)27-15-13-26(14-16-27)20-22-5-3-2-4-6-22/h2-8,19H,9-18,20H2,1H3. The van der Waals surface area contributed by atoms with Crippen molar-refractivity contribution in [3.63, 3.8) is 0 Å². The number of hydrogen-bond donors (Lipinski definition) is 0. The first kappa shape index (κ1) is 19.6. The Labute approximate surface area is 169 Å². The van der Waals surface area contributed by atoms with E-state index in [-0.39, 0.29) is 5.54 Å². The normalized spacial score (nSPS) is 20.9. The maximum Gasteiger partial charge on any atom is 0.0483 e. The average molecular weight is 380 g/mol. The fraction of sp³-hybridized carbons (Fsp3) is 0.542. The largest absolute Gasteiger partial charge is 0.381 e. The van der Waals surface area contributed by atoms with E-state index in [1.165, 1.54) is 23.2 Å². The predicted octanol–water partition coefficient (Wildman–Crippen LogP) is 3.69. The Balaban J connectivity index is 1.37. The van der Waals surface area contributed by atoms with Gasteiger partial charge in [-0.1, -0.05) is 36.4 Å². The molecule has 1 aromatic heterocycles. The molecule has 4 nitrogen and oxygen atoms in total. The van der Waals surface area contributed by atoms with Gasteiger partial charge >= 0.3 is 0 Å². The molecule has 1 aromatic carbocycles. The molecule has 28 heavy (non-hydrogen) atoms. The minimum absolute atomic E-state index is 0.281. The van der Waals surface area contributed by atoms with Crippen LogP contribution in [0.4, 0.5) is 0 Å². The second-order valence-corrected chi connectivity index (χ2v) is 8.41. The lowest BCUT2D eigenvalue weighted by Crippen LogP contribution is -2.59. The summed E-state index contributed by atoms with van der Waals surface area (Å²) in [5.41, 5.74) is 4.16. The van der Waals surface area contributed by atoms with Gasteiger partial charge in [-0.25, -0.2) is 0 Å². The quantitative estimate of drug-likeness (QED) is 0.765. The number of aromatic nitrogens is 1. The average Bonchev–Trinajstić information content (AvgIpc) is 2.75. The fourth-order valence-corrected chi connectivity index (χ4v) is 4.70. The molecular formula is C24H33N3O. The van der Waals surface area contributed by atoms with Crippen LogP contribution in [0.5, 0.6) is 0 Å². The van der Waals surface area contributed by atoms with Crippen molar-refractivity contribution in [3.05, 3.63) is 65.5 Å². The first-order chi connectivity index (χ1) is 13.7. The van der Waals surface area contributed by atoms with E-state index in [1.807, 2.05) is 6.20 Å². The maximum absolute atomic E-state index is 5.73. The summed E-state index contributed by atoms with van der Waals surface area (Å²) in [5, 5.41) is 0. The van der Waals surface area contributed by atoms with E-state index in [2.05, 4.69) is 64.2 Å². The third kappa shape index (κ3) is 4.80. The van der Waals surface area contributed by atoms with Crippen molar-refractivity contribution in [2.24, 2.45) is 0 Å². The Morgan fingerprint density at radius 3 is 2.39 bits per heavy atom. The Kier molecular flexibility index (Phi) is 6.40. The lowest BCUT2D eigenvalue weighted by atomic mass is 9.82. The summed E-state index contributed by atoms with van der Waals surface area (Å²) in [7, 11) is 0. The second-order valence-electron chi connectivity index (χ2n) is 8.41. The van der Waals surface area contributed by atoms with Crippen LogP contribution < -0.4 is 0 Å². The van der Waals surface area contributed by atoms with E-state index in [4.69, 9.17) is 4.74 Å². The highest BCUT2D eigenvalue weighted by Crippen LogP contribution is 2.33. The molecule has 0 bridgehead atoms. The van der Waals surface area contributed by atoms with Crippen LogP contribution in [0.2, 0.25) is 0 Å². The molecule has 0 amide bonds. The summed E-state index contributed by atoms with van der Waals surface area (Å²) >= 11 is 0. The summed E-state index contributed by atoms with van der Waals surface area (Å²) in [6, 6.07) is 15.2. The molecule has 2 aliphatic heterocycles. The Morgan fingerprint density at radius 1 is 0.964 bits per heavy atom. The molecule has 2 saturated heterocycles. The molecule has 0 N–H and O–H groups in total. The first-order valence-electron chi connectivity index (χ1n) is 10.7. The van der Waals surface area contributed by atoms with Gasteiger partial charge in [-0.05, 0) is 49.8 Å². The minimum atomic E-state index is 0.281. The molecule has 0 radical (unpaired) electrons. The summed E-state index contributed by atoms with van der Waals surface area (Å²) in [4.78, 5) is 10.0. The van der Waals surface area contributed by atoms with Gasteiger partial charge in [0.15, 0.2) is 0 Å². The van der Waals surface area contributed by atoms with E-state index in [0.29, 0.717) is 0 Å². The van der Waals surface area contributed by atoms with Crippen LogP contribution in [0, 0.1) is 6.92 Å². The van der Waals surface area contributed by atoms with Gasteiger partial charge in [0.05, 0.1) is 0 Å². The third-order valence-electron chi connectivity index (χ3n) is 6.53. The maximum atomic E-state index is 5.73. The van der Waals surface area contributed by atoms with Gasteiger partial charge in [-0.2, -0.15) is 0 Å². The number of piperazine rings is 1. The predicted molar refractivity (Wildman–Crippen MR) is 113 cm³/mol. The monoisotopic (exact) mass is 379 g/mol. The number of benzene rings is 1. The summed E-state index contributed by atoms with van der Waals surface area (Å²) in [6.07, 6.45) is 6.54. The van der Waals surface area contributed by atoms with Crippen LogP contribution in [-0.4, -0.2) is 59.7 Å². The van der Waals surface area contributed by atoms with E-state index in [1.54, 1.807) is 0 Å². The van der Waals surface area contributed by atoms with Crippen LogP contribution in [0.15, 0.2) is 48.7 Å². The zero-order valence-electron chi connectivity index (χ0n) is 17.1. The highest BCUT2D eigenvalue weighted by molar-refractivity contribution is 5.15. The molecule has 2 aliphatic rings. The van der Waals surface area contributed by atoms with E-state index < -0.39 is 0 Å². The summed E-state index contributed by atoms with van der Waals surface area (Å²) in [5.74, 6) is 0. The van der Waals surface area contributed by atoms with Crippen molar-refractivity contribution in [2.45, 2.75) is 44.7 Å². The lowest BCUT2D eigenvalue weighted by Gasteiger charge is -2.50. The molecule has 0 atom stereocenters.